The van der Waals surface area contributed by atoms with Gasteiger partial charge in [0.2, 0.25) is 0 Å². The highest BCUT2D eigenvalue weighted by molar-refractivity contribution is 5.35. The maximum Gasteiger partial charge on any atom is 0.119 e. The van der Waals surface area contributed by atoms with E-state index >= 15 is 0 Å². The molecule has 2 aliphatic rings. The van der Waals surface area contributed by atoms with Crippen LogP contribution in [0.1, 0.15) is 64.9 Å². The minimum absolute atomic E-state index is 0.258. The lowest BCUT2D eigenvalue weighted by Gasteiger charge is -2.35. The van der Waals surface area contributed by atoms with Crippen molar-refractivity contribution in [1.29, 1.82) is 0 Å². The highest BCUT2D eigenvalue weighted by Crippen LogP contribution is 2.47. The van der Waals surface area contributed by atoms with E-state index in [1.165, 1.54) is 44.1 Å². The Hall–Kier alpha value is -1.02. The Morgan fingerprint density at radius 2 is 1.91 bits per heavy atom. The number of hydrogen-bond acceptors (Lipinski definition) is 2. The summed E-state index contributed by atoms with van der Waals surface area (Å²) in [4.78, 5) is 0. The Morgan fingerprint density at radius 3 is 2.50 bits per heavy atom. The molecule has 2 unspecified atom stereocenters. The molecule has 2 nitrogen and oxygen atoms in total. The molecule has 2 atom stereocenters. The number of benzene rings is 1. The van der Waals surface area contributed by atoms with Crippen LogP contribution in [0.5, 0.6) is 5.75 Å². The van der Waals surface area contributed by atoms with Gasteiger partial charge in [0, 0.05) is 11.6 Å². The maximum absolute atomic E-state index is 5.56. The zero-order valence-corrected chi connectivity index (χ0v) is 14.4. The third kappa shape index (κ3) is 3.48. The standard InChI is InChI=1S/C20H31NO/c1-4-22-19-10-8-17(9-11-19)20(12-13-20)21-18-7-5-6-16(14-18)15(2)3/h8-11,15-16,18,21H,4-7,12-14H2,1-3H3. The molecular weight excluding hydrogens is 270 g/mol. The van der Waals surface area contributed by atoms with Crippen LogP contribution in [0.3, 0.4) is 0 Å². The van der Waals surface area contributed by atoms with E-state index in [4.69, 9.17) is 4.74 Å². The fourth-order valence-electron chi connectivity index (χ4n) is 4.03. The van der Waals surface area contributed by atoms with Gasteiger partial charge < -0.3 is 10.1 Å². The SMILES string of the molecule is CCOc1ccc(C2(NC3CCCC(C(C)C)C3)CC2)cc1. The quantitative estimate of drug-likeness (QED) is 0.808. The van der Waals surface area contributed by atoms with Gasteiger partial charge in [-0.3, -0.25) is 0 Å². The van der Waals surface area contributed by atoms with E-state index < -0.39 is 0 Å². The van der Waals surface area contributed by atoms with Gasteiger partial charge in [-0.2, -0.15) is 0 Å². The Balaban J connectivity index is 1.63. The van der Waals surface area contributed by atoms with Crippen molar-refractivity contribution in [3.63, 3.8) is 0 Å². The van der Waals surface area contributed by atoms with E-state index in [0.717, 1.165) is 24.2 Å². The fraction of sp³-hybridized carbons (Fsp3) is 0.700. The molecule has 2 heteroatoms. The molecule has 3 rings (SSSR count). The van der Waals surface area contributed by atoms with Gasteiger partial charge in [0.25, 0.3) is 0 Å². The Labute approximate surface area is 135 Å². The Bertz CT molecular complexity index is 475. The molecule has 2 saturated carbocycles. The molecule has 0 radical (unpaired) electrons. The number of ether oxygens (including phenoxy) is 1. The van der Waals surface area contributed by atoms with Gasteiger partial charge in [0.15, 0.2) is 0 Å². The van der Waals surface area contributed by atoms with Crippen molar-refractivity contribution in [2.45, 2.75) is 70.9 Å². The monoisotopic (exact) mass is 301 g/mol. The summed E-state index contributed by atoms with van der Waals surface area (Å²) in [6, 6.07) is 9.47. The summed E-state index contributed by atoms with van der Waals surface area (Å²) in [6.45, 7) is 7.53. The van der Waals surface area contributed by atoms with E-state index in [9.17, 15) is 0 Å². The van der Waals surface area contributed by atoms with Crippen molar-refractivity contribution < 1.29 is 4.74 Å². The van der Waals surface area contributed by atoms with Crippen LogP contribution in [-0.4, -0.2) is 12.6 Å². The molecule has 2 aliphatic carbocycles. The molecule has 1 aromatic rings. The molecule has 0 spiro atoms. The zero-order chi connectivity index (χ0) is 15.6. The van der Waals surface area contributed by atoms with Crippen molar-refractivity contribution in [2.24, 2.45) is 11.8 Å². The zero-order valence-electron chi connectivity index (χ0n) is 14.4. The highest BCUT2D eigenvalue weighted by atomic mass is 16.5. The van der Waals surface area contributed by atoms with Crippen LogP contribution in [-0.2, 0) is 5.54 Å². The third-order valence-electron chi connectivity index (χ3n) is 5.61. The summed E-state index contributed by atoms with van der Waals surface area (Å²) in [5.41, 5.74) is 1.71. The smallest absolute Gasteiger partial charge is 0.119 e. The van der Waals surface area contributed by atoms with E-state index in [1.54, 1.807) is 0 Å². The molecule has 0 aromatic heterocycles. The Morgan fingerprint density at radius 1 is 1.18 bits per heavy atom. The molecular formula is C20H31NO. The first-order chi connectivity index (χ1) is 10.6. The van der Waals surface area contributed by atoms with E-state index in [0.29, 0.717) is 6.04 Å². The highest BCUT2D eigenvalue weighted by Gasteiger charge is 2.45. The molecule has 0 saturated heterocycles. The summed E-state index contributed by atoms with van der Waals surface area (Å²) in [5.74, 6) is 2.71. The largest absolute Gasteiger partial charge is 0.494 e. The number of rotatable bonds is 6. The molecule has 122 valence electrons. The molecule has 0 aliphatic heterocycles. The normalized spacial score (nSPS) is 26.9. The van der Waals surface area contributed by atoms with Crippen LogP contribution in [0.2, 0.25) is 0 Å². The molecule has 0 heterocycles. The minimum Gasteiger partial charge on any atom is -0.494 e. The van der Waals surface area contributed by atoms with Crippen molar-refractivity contribution in [3.8, 4) is 5.75 Å². The van der Waals surface area contributed by atoms with Crippen LogP contribution < -0.4 is 10.1 Å². The van der Waals surface area contributed by atoms with Crippen LogP contribution in [0.15, 0.2) is 24.3 Å². The minimum atomic E-state index is 0.258. The summed E-state index contributed by atoms with van der Waals surface area (Å²) in [5, 5.41) is 4.02. The average Bonchev–Trinajstić information content (AvgIpc) is 3.29. The van der Waals surface area contributed by atoms with Crippen LogP contribution in [0.25, 0.3) is 0 Å². The van der Waals surface area contributed by atoms with Gasteiger partial charge in [-0.05, 0) is 62.1 Å². The van der Waals surface area contributed by atoms with E-state index in [1.807, 2.05) is 6.92 Å². The van der Waals surface area contributed by atoms with Gasteiger partial charge in [-0.1, -0.05) is 38.8 Å². The average molecular weight is 301 g/mol. The second kappa shape index (κ2) is 6.62. The molecule has 22 heavy (non-hydrogen) atoms. The van der Waals surface area contributed by atoms with Crippen LogP contribution >= 0.6 is 0 Å². The fourth-order valence-corrected chi connectivity index (χ4v) is 4.03. The number of nitrogens with one attached hydrogen (secondary N) is 1. The third-order valence-corrected chi connectivity index (χ3v) is 5.61. The second-order valence-electron chi connectivity index (χ2n) is 7.55. The van der Waals surface area contributed by atoms with Crippen LogP contribution in [0.4, 0.5) is 0 Å². The predicted octanol–water partition coefficient (Wildman–Crippen LogP) is 4.88. The first-order valence-corrected chi connectivity index (χ1v) is 9.14. The van der Waals surface area contributed by atoms with Gasteiger partial charge in [0.1, 0.15) is 5.75 Å². The van der Waals surface area contributed by atoms with Crippen LogP contribution in [0, 0.1) is 11.8 Å². The van der Waals surface area contributed by atoms with Crippen molar-refractivity contribution >= 4 is 0 Å². The first-order valence-electron chi connectivity index (χ1n) is 9.14. The molecule has 0 amide bonds. The molecule has 2 fully saturated rings. The first kappa shape index (κ1) is 15.9. The summed E-state index contributed by atoms with van der Waals surface area (Å²) in [6.07, 6.45) is 8.08. The maximum atomic E-state index is 5.56. The lowest BCUT2D eigenvalue weighted by atomic mass is 9.79. The topological polar surface area (TPSA) is 21.3 Å². The molecule has 1 N–H and O–H groups in total. The molecule has 0 bridgehead atoms. The Kier molecular flexibility index (Phi) is 4.77. The van der Waals surface area contributed by atoms with Crippen molar-refractivity contribution in [1.82, 2.24) is 5.32 Å². The van der Waals surface area contributed by atoms with E-state index in [2.05, 4.69) is 43.4 Å². The van der Waals surface area contributed by atoms with Gasteiger partial charge >= 0.3 is 0 Å². The van der Waals surface area contributed by atoms with Gasteiger partial charge in [-0.25, -0.2) is 0 Å². The summed E-state index contributed by atoms with van der Waals surface area (Å²) in [7, 11) is 0. The second-order valence-corrected chi connectivity index (χ2v) is 7.55. The summed E-state index contributed by atoms with van der Waals surface area (Å²) >= 11 is 0. The van der Waals surface area contributed by atoms with Crippen molar-refractivity contribution in [3.05, 3.63) is 29.8 Å². The lowest BCUT2D eigenvalue weighted by Crippen LogP contribution is -2.42. The summed E-state index contributed by atoms with van der Waals surface area (Å²) < 4.78 is 5.56. The number of hydrogen-bond donors (Lipinski definition) is 1. The van der Waals surface area contributed by atoms with E-state index in [-0.39, 0.29) is 5.54 Å². The van der Waals surface area contributed by atoms with Crippen molar-refractivity contribution in [2.75, 3.05) is 6.61 Å². The predicted molar refractivity (Wildman–Crippen MR) is 92.2 cm³/mol. The van der Waals surface area contributed by atoms with Gasteiger partial charge in [0.05, 0.1) is 6.61 Å². The lowest BCUT2D eigenvalue weighted by molar-refractivity contribution is 0.216. The van der Waals surface area contributed by atoms with Gasteiger partial charge in [-0.15, -0.1) is 0 Å². The molecule has 1 aromatic carbocycles.